The molecule has 5 nitrogen and oxygen atoms in total. The maximum absolute atomic E-state index is 12.1. The Morgan fingerprint density at radius 1 is 1.00 bits per heavy atom. The van der Waals surface area contributed by atoms with Crippen molar-refractivity contribution < 1.29 is 9.90 Å². The molecule has 2 amide bonds. The number of anilines is 2. The van der Waals surface area contributed by atoms with E-state index in [0.29, 0.717) is 5.69 Å². The SMILES string of the molecule is Cc1nc(C2(O)CCCC2)sc1-c1ccc(NC(=O)Nc2ccccc2)cc1. The number of aliphatic hydroxyl groups is 1. The number of nitrogens with zero attached hydrogens (tertiary/aromatic N) is 1. The fourth-order valence-corrected chi connectivity index (χ4v) is 4.77. The van der Waals surface area contributed by atoms with Crippen molar-refractivity contribution in [2.45, 2.75) is 38.2 Å². The number of hydrogen-bond acceptors (Lipinski definition) is 4. The van der Waals surface area contributed by atoms with Crippen LogP contribution in [0.2, 0.25) is 0 Å². The van der Waals surface area contributed by atoms with Crippen LogP contribution in [0.5, 0.6) is 0 Å². The molecule has 1 fully saturated rings. The van der Waals surface area contributed by atoms with Crippen LogP contribution in [-0.4, -0.2) is 16.1 Å². The highest BCUT2D eigenvalue weighted by Gasteiger charge is 2.36. The molecule has 6 heteroatoms. The quantitative estimate of drug-likeness (QED) is 0.546. The van der Waals surface area contributed by atoms with E-state index in [9.17, 15) is 9.90 Å². The monoisotopic (exact) mass is 393 g/mol. The predicted octanol–water partition coefficient (Wildman–Crippen LogP) is 5.52. The Kier molecular flexibility index (Phi) is 5.15. The van der Waals surface area contributed by atoms with E-state index in [4.69, 9.17) is 0 Å². The normalized spacial score (nSPS) is 15.4. The van der Waals surface area contributed by atoms with E-state index in [-0.39, 0.29) is 6.03 Å². The van der Waals surface area contributed by atoms with Crippen LogP contribution in [-0.2, 0) is 5.60 Å². The number of nitrogens with one attached hydrogen (secondary N) is 2. The van der Waals surface area contributed by atoms with E-state index in [0.717, 1.165) is 52.5 Å². The summed E-state index contributed by atoms with van der Waals surface area (Å²) in [6.07, 6.45) is 3.68. The molecular weight excluding hydrogens is 370 g/mol. The number of para-hydroxylation sites is 1. The number of urea groups is 1. The molecular formula is C22H23N3O2S. The van der Waals surface area contributed by atoms with Crippen molar-refractivity contribution in [2.24, 2.45) is 0 Å². The number of aryl methyl sites for hydroxylation is 1. The van der Waals surface area contributed by atoms with Gasteiger partial charge in [-0.25, -0.2) is 9.78 Å². The summed E-state index contributed by atoms with van der Waals surface area (Å²) in [6.45, 7) is 1.98. The topological polar surface area (TPSA) is 74.2 Å². The first-order valence-electron chi connectivity index (χ1n) is 9.47. The second-order valence-electron chi connectivity index (χ2n) is 7.19. The van der Waals surface area contributed by atoms with Crippen LogP contribution in [0, 0.1) is 6.92 Å². The van der Waals surface area contributed by atoms with Gasteiger partial charge in [-0.2, -0.15) is 0 Å². The van der Waals surface area contributed by atoms with Crippen molar-refractivity contribution in [3.05, 3.63) is 65.3 Å². The fraction of sp³-hybridized carbons (Fsp3) is 0.273. The molecule has 0 radical (unpaired) electrons. The Morgan fingerprint density at radius 2 is 1.61 bits per heavy atom. The van der Waals surface area contributed by atoms with Crippen molar-refractivity contribution in [2.75, 3.05) is 10.6 Å². The number of carbonyl (C=O) groups excluding carboxylic acids is 1. The molecule has 144 valence electrons. The number of amides is 2. The van der Waals surface area contributed by atoms with Gasteiger partial charge in [-0.1, -0.05) is 43.2 Å². The summed E-state index contributed by atoms with van der Waals surface area (Å²) in [5.41, 5.74) is 2.67. The predicted molar refractivity (Wildman–Crippen MR) is 114 cm³/mol. The first kappa shape index (κ1) is 18.7. The minimum atomic E-state index is -0.759. The van der Waals surface area contributed by atoms with Gasteiger partial charge < -0.3 is 15.7 Å². The molecule has 0 bridgehead atoms. The number of hydrogen-bond donors (Lipinski definition) is 3. The molecule has 1 aromatic heterocycles. The van der Waals surface area contributed by atoms with E-state index in [2.05, 4.69) is 15.6 Å². The average molecular weight is 394 g/mol. The van der Waals surface area contributed by atoms with Gasteiger partial charge in [0.15, 0.2) is 0 Å². The molecule has 1 aliphatic carbocycles. The van der Waals surface area contributed by atoms with Gasteiger partial charge >= 0.3 is 6.03 Å². The molecule has 2 aromatic carbocycles. The molecule has 1 heterocycles. The van der Waals surface area contributed by atoms with E-state index in [1.807, 2.05) is 61.5 Å². The summed E-state index contributed by atoms with van der Waals surface area (Å²) in [5.74, 6) is 0. The molecule has 3 aromatic rings. The van der Waals surface area contributed by atoms with Crippen molar-refractivity contribution >= 4 is 28.7 Å². The van der Waals surface area contributed by atoms with Gasteiger partial charge in [0, 0.05) is 11.4 Å². The van der Waals surface area contributed by atoms with Crippen LogP contribution in [0.1, 0.15) is 36.4 Å². The maximum atomic E-state index is 12.1. The summed E-state index contributed by atoms with van der Waals surface area (Å²) in [6, 6.07) is 16.7. The van der Waals surface area contributed by atoms with Crippen LogP contribution in [0.4, 0.5) is 16.2 Å². The summed E-state index contributed by atoms with van der Waals surface area (Å²) in [4.78, 5) is 17.8. The number of aromatic nitrogens is 1. The third kappa shape index (κ3) is 3.93. The van der Waals surface area contributed by atoms with Gasteiger partial charge in [0.2, 0.25) is 0 Å². The first-order chi connectivity index (χ1) is 13.5. The Labute approximate surface area is 168 Å². The lowest BCUT2D eigenvalue weighted by Crippen LogP contribution is -2.20. The number of rotatable bonds is 4. The lowest BCUT2D eigenvalue weighted by Gasteiger charge is -2.18. The molecule has 1 aliphatic rings. The molecule has 3 N–H and O–H groups in total. The standard InChI is InChI=1S/C22H23N3O2S/c1-15-19(28-20(23-15)22(27)13-5-6-14-22)16-9-11-18(12-10-16)25-21(26)24-17-7-3-2-4-8-17/h2-4,7-12,27H,5-6,13-14H2,1H3,(H2,24,25,26). The molecule has 0 saturated heterocycles. The summed E-state index contributed by atoms with van der Waals surface area (Å²) in [5, 5.41) is 17.3. The zero-order valence-electron chi connectivity index (χ0n) is 15.7. The maximum Gasteiger partial charge on any atom is 0.323 e. The molecule has 0 unspecified atom stereocenters. The minimum absolute atomic E-state index is 0.279. The number of benzene rings is 2. The van der Waals surface area contributed by atoms with Gasteiger partial charge in [-0.05, 0) is 49.6 Å². The Balaban J connectivity index is 1.46. The summed E-state index contributed by atoms with van der Waals surface area (Å²) >= 11 is 1.57. The highest BCUT2D eigenvalue weighted by atomic mass is 32.1. The highest BCUT2D eigenvalue weighted by Crippen LogP contribution is 2.43. The van der Waals surface area contributed by atoms with E-state index in [1.165, 1.54) is 0 Å². The molecule has 0 atom stereocenters. The van der Waals surface area contributed by atoms with E-state index < -0.39 is 5.60 Å². The summed E-state index contributed by atoms with van der Waals surface area (Å²) in [7, 11) is 0. The van der Waals surface area contributed by atoms with Crippen molar-refractivity contribution in [1.82, 2.24) is 4.98 Å². The fourth-order valence-electron chi connectivity index (χ4n) is 3.56. The number of thiazole rings is 1. The van der Waals surface area contributed by atoms with Crippen molar-refractivity contribution in [1.29, 1.82) is 0 Å². The van der Waals surface area contributed by atoms with Crippen LogP contribution in [0.3, 0.4) is 0 Å². The lowest BCUT2D eigenvalue weighted by atomic mass is 10.0. The van der Waals surface area contributed by atoms with Gasteiger partial charge in [0.25, 0.3) is 0 Å². The van der Waals surface area contributed by atoms with Crippen molar-refractivity contribution in [3.63, 3.8) is 0 Å². The lowest BCUT2D eigenvalue weighted by molar-refractivity contribution is 0.0441. The van der Waals surface area contributed by atoms with Crippen LogP contribution in [0.15, 0.2) is 54.6 Å². The van der Waals surface area contributed by atoms with Gasteiger partial charge in [-0.3, -0.25) is 0 Å². The van der Waals surface area contributed by atoms with Gasteiger partial charge in [0.1, 0.15) is 10.6 Å². The third-order valence-corrected chi connectivity index (χ3v) is 6.46. The second-order valence-corrected chi connectivity index (χ2v) is 8.19. The minimum Gasteiger partial charge on any atom is -0.383 e. The highest BCUT2D eigenvalue weighted by molar-refractivity contribution is 7.15. The van der Waals surface area contributed by atoms with E-state index in [1.54, 1.807) is 11.3 Å². The molecule has 0 aliphatic heterocycles. The van der Waals surface area contributed by atoms with Gasteiger partial charge in [0.05, 0.1) is 10.6 Å². The van der Waals surface area contributed by atoms with Crippen LogP contribution < -0.4 is 10.6 Å². The van der Waals surface area contributed by atoms with Crippen molar-refractivity contribution in [3.8, 4) is 10.4 Å². The molecule has 28 heavy (non-hydrogen) atoms. The zero-order chi connectivity index (χ0) is 19.6. The second kappa shape index (κ2) is 7.73. The van der Waals surface area contributed by atoms with Crippen LogP contribution >= 0.6 is 11.3 Å². The molecule has 1 saturated carbocycles. The number of carbonyl (C=O) groups is 1. The van der Waals surface area contributed by atoms with Gasteiger partial charge in [-0.15, -0.1) is 11.3 Å². The molecule has 0 spiro atoms. The summed E-state index contributed by atoms with van der Waals surface area (Å²) < 4.78 is 0. The van der Waals surface area contributed by atoms with Crippen LogP contribution in [0.25, 0.3) is 10.4 Å². The Morgan fingerprint density at radius 3 is 2.25 bits per heavy atom. The van der Waals surface area contributed by atoms with E-state index >= 15 is 0 Å². The Bertz CT molecular complexity index is 961. The smallest absolute Gasteiger partial charge is 0.323 e. The first-order valence-corrected chi connectivity index (χ1v) is 10.3. The largest absolute Gasteiger partial charge is 0.383 e. The molecule has 4 rings (SSSR count). The average Bonchev–Trinajstić information content (AvgIpc) is 3.30. The zero-order valence-corrected chi connectivity index (χ0v) is 16.6. The Hall–Kier alpha value is -2.70. The third-order valence-electron chi connectivity index (χ3n) is 5.06.